The summed E-state index contributed by atoms with van der Waals surface area (Å²) in [6.07, 6.45) is 5.76. The van der Waals surface area contributed by atoms with Gasteiger partial charge in [-0.15, -0.1) is 11.8 Å². The molecular formula is C14H19N3S. The Hall–Kier alpha value is -1.26. The topological polar surface area (TPSA) is 43.8 Å². The van der Waals surface area contributed by atoms with Crippen LogP contribution in [0, 0.1) is 5.92 Å². The summed E-state index contributed by atoms with van der Waals surface area (Å²) in [5, 5.41) is 0. The van der Waals surface area contributed by atoms with Crippen molar-refractivity contribution in [3.63, 3.8) is 0 Å². The number of nitrogens with two attached hydrogens (primary N) is 1. The lowest BCUT2D eigenvalue weighted by Gasteiger charge is -2.18. The van der Waals surface area contributed by atoms with Crippen molar-refractivity contribution in [1.82, 2.24) is 9.55 Å². The van der Waals surface area contributed by atoms with Crippen LogP contribution in [0.4, 0.5) is 0 Å². The summed E-state index contributed by atoms with van der Waals surface area (Å²) < 4.78 is 2.06. The zero-order chi connectivity index (χ0) is 13.1. The first-order chi connectivity index (χ1) is 8.63. The number of thioether (sulfide) groups is 1. The fraction of sp³-hybridized carbons (Fsp3) is 0.357. The monoisotopic (exact) mass is 261 g/mol. The first-order valence-electron chi connectivity index (χ1n) is 6.05. The Kier molecular flexibility index (Phi) is 4.09. The number of rotatable bonds is 4. The average molecular weight is 261 g/mol. The van der Waals surface area contributed by atoms with Crippen LogP contribution in [0.5, 0.6) is 0 Å². The lowest BCUT2D eigenvalue weighted by molar-refractivity contribution is 0.497. The summed E-state index contributed by atoms with van der Waals surface area (Å²) in [6.45, 7) is 4.25. The van der Waals surface area contributed by atoms with Gasteiger partial charge in [-0.3, -0.25) is 0 Å². The van der Waals surface area contributed by atoms with Gasteiger partial charge in [-0.2, -0.15) is 0 Å². The molecule has 3 nitrogen and oxygen atoms in total. The van der Waals surface area contributed by atoms with E-state index < -0.39 is 0 Å². The molecule has 18 heavy (non-hydrogen) atoms. The maximum atomic E-state index is 6.21. The van der Waals surface area contributed by atoms with E-state index in [1.54, 1.807) is 11.8 Å². The Balaban J connectivity index is 2.35. The Morgan fingerprint density at radius 3 is 2.44 bits per heavy atom. The predicted molar refractivity (Wildman–Crippen MR) is 77.1 cm³/mol. The maximum absolute atomic E-state index is 6.21. The van der Waals surface area contributed by atoms with Gasteiger partial charge in [-0.25, -0.2) is 4.98 Å². The molecule has 1 aromatic heterocycles. The quantitative estimate of drug-likeness (QED) is 0.859. The van der Waals surface area contributed by atoms with Crippen molar-refractivity contribution < 1.29 is 0 Å². The van der Waals surface area contributed by atoms with Crippen LogP contribution in [-0.4, -0.2) is 15.8 Å². The van der Waals surface area contributed by atoms with E-state index in [-0.39, 0.29) is 6.04 Å². The van der Waals surface area contributed by atoms with Crippen LogP contribution in [-0.2, 0) is 0 Å². The highest BCUT2D eigenvalue weighted by molar-refractivity contribution is 7.98. The van der Waals surface area contributed by atoms with Crippen LogP contribution < -0.4 is 5.73 Å². The molecule has 0 saturated carbocycles. The Labute approximate surface area is 112 Å². The van der Waals surface area contributed by atoms with E-state index in [1.165, 1.54) is 4.90 Å². The molecule has 0 aliphatic rings. The molecule has 0 bridgehead atoms. The number of nitrogens with zero attached hydrogens (tertiary/aromatic N) is 2. The minimum absolute atomic E-state index is 0.00715. The van der Waals surface area contributed by atoms with Crippen molar-refractivity contribution in [3.8, 4) is 5.69 Å². The van der Waals surface area contributed by atoms with Crippen molar-refractivity contribution in [2.24, 2.45) is 11.7 Å². The molecule has 2 N–H and O–H groups in total. The van der Waals surface area contributed by atoms with E-state index in [2.05, 4.69) is 53.9 Å². The standard InChI is InChI=1S/C14H19N3S/c1-10(2)14(15)13-8-16-9-17(13)11-4-6-12(18-3)7-5-11/h4-10,14H,15H2,1-3H3. The second-order valence-corrected chi connectivity index (χ2v) is 5.54. The highest BCUT2D eigenvalue weighted by Gasteiger charge is 2.15. The number of aromatic nitrogens is 2. The summed E-state index contributed by atoms with van der Waals surface area (Å²) in [7, 11) is 0. The molecule has 0 aliphatic carbocycles. The molecule has 1 unspecified atom stereocenters. The van der Waals surface area contributed by atoms with Crippen LogP contribution in [0.1, 0.15) is 25.6 Å². The summed E-state index contributed by atoms with van der Waals surface area (Å²) in [4.78, 5) is 5.48. The van der Waals surface area contributed by atoms with Crippen LogP contribution >= 0.6 is 11.8 Å². The number of hydrogen-bond acceptors (Lipinski definition) is 3. The van der Waals surface area contributed by atoms with Crippen LogP contribution in [0.3, 0.4) is 0 Å². The molecule has 2 rings (SSSR count). The van der Waals surface area contributed by atoms with Crippen LogP contribution in [0.15, 0.2) is 41.7 Å². The van der Waals surface area contributed by atoms with E-state index in [4.69, 9.17) is 5.73 Å². The largest absolute Gasteiger partial charge is 0.322 e. The maximum Gasteiger partial charge on any atom is 0.0994 e. The van der Waals surface area contributed by atoms with Crippen molar-refractivity contribution in [2.75, 3.05) is 6.26 Å². The molecule has 96 valence electrons. The van der Waals surface area contributed by atoms with Gasteiger partial charge in [-0.05, 0) is 36.4 Å². The molecule has 2 aromatic rings. The number of hydrogen-bond donors (Lipinski definition) is 1. The Bertz CT molecular complexity index is 502. The third kappa shape index (κ3) is 2.60. The van der Waals surface area contributed by atoms with E-state index in [9.17, 15) is 0 Å². The minimum Gasteiger partial charge on any atom is -0.322 e. The first-order valence-corrected chi connectivity index (χ1v) is 7.28. The van der Waals surface area contributed by atoms with Gasteiger partial charge in [0.15, 0.2) is 0 Å². The van der Waals surface area contributed by atoms with E-state index >= 15 is 0 Å². The normalized spacial score (nSPS) is 12.9. The summed E-state index contributed by atoms with van der Waals surface area (Å²) in [6, 6.07) is 8.44. The van der Waals surface area contributed by atoms with Gasteiger partial charge in [-0.1, -0.05) is 13.8 Å². The molecular weight excluding hydrogens is 242 g/mol. The van der Waals surface area contributed by atoms with Gasteiger partial charge in [0.05, 0.1) is 18.2 Å². The molecule has 0 spiro atoms. The zero-order valence-electron chi connectivity index (χ0n) is 11.0. The Morgan fingerprint density at radius 1 is 1.22 bits per heavy atom. The summed E-state index contributed by atoms with van der Waals surface area (Å²) in [5.74, 6) is 0.394. The Morgan fingerprint density at radius 2 is 1.89 bits per heavy atom. The molecule has 0 aliphatic heterocycles. The molecule has 0 saturated heterocycles. The highest BCUT2D eigenvalue weighted by atomic mass is 32.2. The lowest BCUT2D eigenvalue weighted by atomic mass is 10.0. The predicted octanol–water partition coefficient (Wildman–Crippen LogP) is 3.25. The van der Waals surface area contributed by atoms with Gasteiger partial charge in [0.2, 0.25) is 0 Å². The van der Waals surface area contributed by atoms with Gasteiger partial charge in [0, 0.05) is 16.6 Å². The van der Waals surface area contributed by atoms with Gasteiger partial charge >= 0.3 is 0 Å². The van der Waals surface area contributed by atoms with Gasteiger partial charge < -0.3 is 10.3 Å². The molecule has 0 amide bonds. The molecule has 4 heteroatoms. The fourth-order valence-corrected chi connectivity index (χ4v) is 2.26. The van der Waals surface area contributed by atoms with Crippen molar-refractivity contribution in [2.45, 2.75) is 24.8 Å². The molecule has 0 fully saturated rings. The zero-order valence-corrected chi connectivity index (χ0v) is 11.8. The molecule has 0 radical (unpaired) electrons. The minimum atomic E-state index is 0.00715. The average Bonchev–Trinajstić information content (AvgIpc) is 2.87. The first kappa shape index (κ1) is 13.2. The lowest BCUT2D eigenvalue weighted by Crippen LogP contribution is -2.19. The number of benzene rings is 1. The third-order valence-corrected chi connectivity index (χ3v) is 3.82. The highest BCUT2D eigenvalue weighted by Crippen LogP contribution is 2.23. The number of imidazole rings is 1. The van der Waals surface area contributed by atoms with E-state index in [0.29, 0.717) is 5.92 Å². The summed E-state index contributed by atoms with van der Waals surface area (Å²) in [5.41, 5.74) is 8.38. The SMILES string of the molecule is CSc1ccc(-n2cncc2C(N)C(C)C)cc1. The third-order valence-electron chi connectivity index (χ3n) is 3.08. The van der Waals surface area contributed by atoms with Crippen molar-refractivity contribution in [1.29, 1.82) is 0 Å². The van der Waals surface area contributed by atoms with E-state index in [0.717, 1.165) is 11.4 Å². The second-order valence-electron chi connectivity index (χ2n) is 4.66. The van der Waals surface area contributed by atoms with Crippen molar-refractivity contribution in [3.05, 3.63) is 42.5 Å². The van der Waals surface area contributed by atoms with Crippen molar-refractivity contribution >= 4 is 11.8 Å². The smallest absolute Gasteiger partial charge is 0.0994 e. The van der Waals surface area contributed by atoms with Crippen LogP contribution in [0.25, 0.3) is 5.69 Å². The van der Waals surface area contributed by atoms with Gasteiger partial charge in [0.1, 0.15) is 0 Å². The molecule has 1 aromatic carbocycles. The fourth-order valence-electron chi connectivity index (χ4n) is 1.85. The second kappa shape index (κ2) is 5.59. The summed E-state index contributed by atoms with van der Waals surface area (Å²) >= 11 is 1.74. The van der Waals surface area contributed by atoms with Gasteiger partial charge in [0.25, 0.3) is 0 Å². The van der Waals surface area contributed by atoms with E-state index in [1.807, 2.05) is 12.5 Å². The van der Waals surface area contributed by atoms with Crippen LogP contribution in [0.2, 0.25) is 0 Å². The molecule has 1 atom stereocenters. The molecule has 1 heterocycles.